The Balaban J connectivity index is 1.87. The second-order valence-corrected chi connectivity index (χ2v) is 5.93. The largest absolute Gasteiger partial charge is 0.466 e. The molecule has 1 aromatic carbocycles. The zero-order valence-corrected chi connectivity index (χ0v) is 13.6. The van der Waals surface area contributed by atoms with Gasteiger partial charge in [-0.25, -0.2) is 0 Å². The lowest BCUT2D eigenvalue weighted by Gasteiger charge is -2.31. The molecular weight excluding hydrogens is 302 g/mol. The van der Waals surface area contributed by atoms with Crippen LogP contribution >= 0.6 is 11.6 Å². The number of aryl methyl sites for hydroxylation is 1. The summed E-state index contributed by atoms with van der Waals surface area (Å²) in [6, 6.07) is 7.57. The van der Waals surface area contributed by atoms with Gasteiger partial charge in [0, 0.05) is 24.5 Å². The topological polar surface area (TPSA) is 46.6 Å². The molecule has 0 N–H and O–H groups in total. The third kappa shape index (κ3) is 4.47. The van der Waals surface area contributed by atoms with Crippen LogP contribution < -0.4 is 0 Å². The highest BCUT2D eigenvalue weighted by Crippen LogP contribution is 2.20. The van der Waals surface area contributed by atoms with Crippen LogP contribution in [0.1, 0.15) is 31.7 Å². The monoisotopic (exact) mass is 323 g/mol. The van der Waals surface area contributed by atoms with Crippen LogP contribution in [0.15, 0.2) is 24.3 Å². The minimum atomic E-state index is -0.189. The number of esters is 1. The summed E-state index contributed by atoms with van der Waals surface area (Å²) in [6.45, 7) is 3.38. The molecule has 1 aliphatic rings. The van der Waals surface area contributed by atoms with Gasteiger partial charge in [0.25, 0.3) is 0 Å². The molecule has 0 aliphatic carbocycles. The van der Waals surface area contributed by atoms with E-state index in [2.05, 4.69) is 0 Å². The standard InChI is InChI=1S/C17H22ClNO3/c1-2-22-17(21)14-7-5-11-19(12-14)16(20)10-9-13-6-3-4-8-15(13)18/h3-4,6,8,14H,2,5,7,9-12H2,1H3. The second kappa shape index (κ2) is 8.18. The molecule has 1 fully saturated rings. The summed E-state index contributed by atoms with van der Waals surface area (Å²) in [4.78, 5) is 25.9. The normalized spacial score (nSPS) is 18.1. The van der Waals surface area contributed by atoms with E-state index in [1.807, 2.05) is 24.3 Å². The van der Waals surface area contributed by atoms with Crippen molar-refractivity contribution in [3.8, 4) is 0 Å². The molecule has 22 heavy (non-hydrogen) atoms. The number of piperidine rings is 1. The number of hydrogen-bond acceptors (Lipinski definition) is 3. The van der Waals surface area contributed by atoms with Gasteiger partial charge in [0.05, 0.1) is 12.5 Å². The van der Waals surface area contributed by atoms with E-state index in [1.165, 1.54) is 0 Å². The van der Waals surface area contributed by atoms with Crippen molar-refractivity contribution in [3.05, 3.63) is 34.9 Å². The van der Waals surface area contributed by atoms with E-state index in [-0.39, 0.29) is 17.8 Å². The van der Waals surface area contributed by atoms with Gasteiger partial charge in [-0.3, -0.25) is 9.59 Å². The number of rotatable bonds is 5. The number of halogens is 1. The maximum atomic E-state index is 12.3. The molecule has 2 rings (SSSR count). The predicted octanol–water partition coefficient (Wildman–Crippen LogP) is 3.07. The molecule has 4 nitrogen and oxygen atoms in total. The summed E-state index contributed by atoms with van der Waals surface area (Å²) in [6.07, 6.45) is 2.69. The van der Waals surface area contributed by atoms with Crippen molar-refractivity contribution in [2.75, 3.05) is 19.7 Å². The lowest BCUT2D eigenvalue weighted by Crippen LogP contribution is -2.42. The quantitative estimate of drug-likeness (QED) is 0.782. The van der Waals surface area contributed by atoms with Crippen molar-refractivity contribution in [1.29, 1.82) is 0 Å². The number of hydrogen-bond donors (Lipinski definition) is 0. The van der Waals surface area contributed by atoms with Crippen LogP contribution in [-0.4, -0.2) is 36.5 Å². The van der Waals surface area contributed by atoms with Crippen LogP contribution in [0.3, 0.4) is 0 Å². The summed E-state index contributed by atoms with van der Waals surface area (Å²) in [5.41, 5.74) is 0.983. The molecule has 1 saturated heterocycles. The van der Waals surface area contributed by atoms with Crippen LogP contribution in [0.5, 0.6) is 0 Å². The van der Waals surface area contributed by atoms with Gasteiger partial charge in [0.2, 0.25) is 5.91 Å². The Morgan fingerprint density at radius 2 is 2.14 bits per heavy atom. The number of ether oxygens (including phenoxy) is 1. The fraction of sp³-hybridized carbons (Fsp3) is 0.529. The van der Waals surface area contributed by atoms with Gasteiger partial charge in [0.15, 0.2) is 0 Å². The van der Waals surface area contributed by atoms with E-state index in [0.29, 0.717) is 31.0 Å². The van der Waals surface area contributed by atoms with Crippen molar-refractivity contribution < 1.29 is 14.3 Å². The molecule has 120 valence electrons. The van der Waals surface area contributed by atoms with Gasteiger partial charge in [0.1, 0.15) is 0 Å². The van der Waals surface area contributed by atoms with E-state index in [9.17, 15) is 9.59 Å². The summed E-state index contributed by atoms with van der Waals surface area (Å²) in [5.74, 6) is -0.294. The predicted molar refractivity (Wildman–Crippen MR) is 85.7 cm³/mol. The highest BCUT2D eigenvalue weighted by Gasteiger charge is 2.29. The third-order valence-electron chi connectivity index (χ3n) is 3.96. The van der Waals surface area contributed by atoms with Gasteiger partial charge in [-0.15, -0.1) is 0 Å². The van der Waals surface area contributed by atoms with E-state index >= 15 is 0 Å². The summed E-state index contributed by atoms with van der Waals surface area (Å²) >= 11 is 6.11. The van der Waals surface area contributed by atoms with Gasteiger partial charge >= 0.3 is 5.97 Å². The van der Waals surface area contributed by atoms with E-state index < -0.39 is 0 Å². The first-order chi connectivity index (χ1) is 10.6. The fourth-order valence-corrected chi connectivity index (χ4v) is 2.99. The molecule has 1 aromatic rings. The number of likely N-dealkylation sites (tertiary alicyclic amines) is 1. The lowest BCUT2D eigenvalue weighted by atomic mass is 9.97. The number of nitrogens with zero attached hydrogens (tertiary/aromatic N) is 1. The Morgan fingerprint density at radius 1 is 1.36 bits per heavy atom. The number of carbonyl (C=O) groups excluding carboxylic acids is 2. The number of amides is 1. The molecule has 1 aliphatic heterocycles. The van der Waals surface area contributed by atoms with Crippen LogP contribution in [0.25, 0.3) is 0 Å². The summed E-state index contributed by atoms with van der Waals surface area (Å²) in [7, 11) is 0. The van der Waals surface area contributed by atoms with Crippen LogP contribution in [0.4, 0.5) is 0 Å². The Kier molecular flexibility index (Phi) is 6.25. The average molecular weight is 324 g/mol. The molecule has 5 heteroatoms. The maximum Gasteiger partial charge on any atom is 0.310 e. The number of carbonyl (C=O) groups is 2. The first kappa shape index (κ1) is 16.8. The van der Waals surface area contributed by atoms with Crippen LogP contribution in [0, 0.1) is 5.92 Å². The van der Waals surface area contributed by atoms with Crippen molar-refractivity contribution in [3.63, 3.8) is 0 Å². The second-order valence-electron chi connectivity index (χ2n) is 5.52. The summed E-state index contributed by atoms with van der Waals surface area (Å²) in [5, 5.41) is 0.693. The van der Waals surface area contributed by atoms with Crippen molar-refractivity contribution >= 4 is 23.5 Å². The molecule has 1 unspecified atom stereocenters. The van der Waals surface area contributed by atoms with Crippen molar-refractivity contribution in [2.24, 2.45) is 5.92 Å². The third-order valence-corrected chi connectivity index (χ3v) is 4.33. The van der Waals surface area contributed by atoms with Gasteiger partial charge < -0.3 is 9.64 Å². The Hall–Kier alpha value is -1.55. The summed E-state index contributed by atoms with van der Waals surface area (Å²) < 4.78 is 5.06. The van der Waals surface area contributed by atoms with Crippen molar-refractivity contribution in [2.45, 2.75) is 32.6 Å². The molecule has 1 heterocycles. The van der Waals surface area contributed by atoms with E-state index in [0.717, 1.165) is 24.9 Å². The highest BCUT2D eigenvalue weighted by atomic mass is 35.5. The maximum absolute atomic E-state index is 12.3. The van der Waals surface area contributed by atoms with Crippen LogP contribution in [0.2, 0.25) is 5.02 Å². The van der Waals surface area contributed by atoms with Gasteiger partial charge in [-0.1, -0.05) is 29.8 Å². The smallest absolute Gasteiger partial charge is 0.310 e. The zero-order valence-electron chi connectivity index (χ0n) is 12.9. The fourth-order valence-electron chi connectivity index (χ4n) is 2.76. The molecule has 0 radical (unpaired) electrons. The number of benzene rings is 1. The van der Waals surface area contributed by atoms with E-state index in [4.69, 9.17) is 16.3 Å². The molecule has 0 saturated carbocycles. The molecule has 1 amide bonds. The van der Waals surface area contributed by atoms with Gasteiger partial charge in [-0.05, 0) is 37.8 Å². The Labute approximate surface area is 136 Å². The van der Waals surface area contributed by atoms with Crippen molar-refractivity contribution in [1.82, 2.24) is 4.90 Å². The minimum Gasteiger partial charge on any atom is -0.466 e. The molecule has 1 atom stereocenters. The first-order valence-corrected chi connectivity index (χ1v) is 8.17. The SMILES string of the molecule is CCOC(=O)C1CCCN(C(=O)CCc2ccccc2Cl)C1. The van der Waals surface area contributed by atoms with E-state index in [1.54, 1.807) is 11.8 Å². The molecule has 0 bridgehead atoms. The Bertz CT molecular complexity index is 532. The average Bonchev–Trinajstić information content (AvgIpc) is 2.54. The first-order valence-electron chi connectivity index (χ1n) is 7.79. The Morgan fingerprint density at radius 3 is 2.86 bits per heavy atom. The van der Waals surface area contributed by atoms with Crippen LogP contribution in [-0.2, 0) is 20.7 Å². The zero-order chi connectivity index (χ0) is 15.9. The molecular formula is C17H22ClNO3. The minimum absolute atomic E-state index is 0.0777. The molecule has 0 spiro atoms. The lowest BCUT2D eigenvalue weighted by molar-refractivity contribution is -0.151. The molecule has 0 aromatic heterocycles. The van der Waals surface area contributed by atoms with Gasteiger partial charge in [-0.2, -0.15) is 0 Å². The highest BCUT2D eigenvalue weighted by molar-refractivity contribution is 6.31.